The summed E-state index contributed by atoms with van der Waals surface area (Å²) in [6, 6.07) is 4.96. The number of aromatic hydroxyl groups is 1. The van der Waals surface area contributed by atoms with Gasteiger partial charge in [-0.1, -0.05) is 40.7 Å². The Morgan fingerprint density at radius 2 is 2.12 bits per heavy atom. The van der Waals surface area contributed by atoms with E-state index in [0.717, 1.165) is 5.57 Å². The summed E-state index contributed by atoms with van der Waals surface area (Å²) in [6.07, 6.45) is 5.43. The molecule has 2 aliphatic rings. The molecule has 0 radical (unpaired) electrons. The topological polar surface area (TPSA) is 63.6 Å². The van der Waals surface area contributed by atoms with E-state index in [0.29, 0.717) is 23.3 Å². The fraction of sp³-hybridized carbons (Fsp3) is 0.300. The molecular formula is C20H19BrO4. The van der Waals surface area contributed by atoms with E-state index >= 15 is 0 Å². The van der Waals surface area contributed by atoms with Crippen molar-refractivity contribution in [3.8, 4) is 11.5 Å². The van der Waals surface area contributed by atoms with Gasteiger partial charge in [0.25, 0.3) is 0 Å². The maximum absolute atomic E-state index is 13.1. The third-order valence-electron chi connectivity index (χ3n) is 5.05. The number of methoxy groups -OCH3 is 1. The van der Waals surface area contributed by atoms with Crippen molar-refractivity contribution in [1.29, 1.82) is 0 Å². The highest BCUT2D eigenvalue weighted by atomic mass is 79.9. The second-order valence-corrected chi connectivity index (χ2v) is 7.66. The van der Waals surface area contributed by atoms with Crippen LogP contribution in [-0.2, 0) is 9.59 Å². The van der Waals surface area contributed by atoms with Crippen LogP contribution in [0.3, 0.4) is 0 Å². The zero-order valence-corrected chi connectivity index (χ0v) is 15.7. The van der Waals surface area contributed by atoms with Gasteiger partial charge < -0.3 is 9.84 Å². The van der Waals surface area contributed by atoms with Crippen LogP contribution in [0.4, 0.5) is 0 Å². The van der Waals surface area contributed by atoms with Crippen LogP contribution < -0.4 is 4.74 Å². The molecule has 25 heavy (non-hydrogen) atoms. The Morgan fingerprint density at radius 1 is 1.40 bits per heavy atom. The molecule has 1 aromatic rings. The van der Waals surface area contributed by atoms with E-state index in [2.05, 4.69) is 22.5 Å². The number of phenolic OH excluding ortho intramolecular Hbond substituents is 1. The van der Waals surface area contributed by atoms with E-state index in [1.807, 2.05) is 6.08 Å². The van der Waals surface area contributed by atoms with Crippen molar-refractivity contribution in [2.24, 2.45) is 5.92 Å². The lowest BCUT2D eigenvalue weighted by Gasteiger charge is -2.45. The van der Waals surface area contributed by atoms with Crippen LogP contribution in [0.5, 0.6) is 11.5 Å². The monoisotopic (exact) mass is 402 g/mol. The zero-order chi connectivity index (χ0) is 18.4. The van der Waals surface area contributed by atoms with Gasteiger partial charge in [-0.15, -0.1) is 0 Å². The average Bonchev–Trinajstić information content (AvgIpc) is 2.59. The molecule has 0 bridgehead atoms. The van der Waals surface area contributed by atoms with Gasteiger partial charge in [-0.2, -0.15) is 0 Å². The Bertz CT molecular complexity index is 836. The van der Waals surface area contributed by atoms with Crippen LogP contribution in [0.1, 0.15) is 24.8 Å². The van der Waals surface area contributed by atoms with Gasteiger partial charge in [-0.25, -0.2) is 0 Å². The molecular weight excluding hydrogens is 384 g/mol. The molecule has 1 N–H and O–H groups in total. The molecule has 3 atom stereocenters. The first-order chi connectivity index (χ1) is 11.9. The highest BCUT2D eigenvalue weighted by Crippen LogP contribution is 2.57. The molecule has 0 heterocycles. The number of ketones is 2. The molecule has 0 fully saturated rings. The Balaban J connectivity index is 2.32. The number of phenols is 1. The molecule has 2 aliphatic carbocycles. The van der Waals surface area contributed by atoms with Gasteiger partial charge in [0.05, 0.1) is 7.11 Å². The number of halogens is 1. The first kappa shape index (κ1) is 17.7. The summed E-state index contributed by atoms with van der Waals surface area (Å²) in [5.41, 5.74) is 1.67. The van der Waals surface area contributed by atoms with Crippen LogP contribution in [0.15, 0.2) is 54.2 Å². The molecule has 4 nitrogen and oxygen atoms in total. The number of carbonyl (C=O) groups is 2. The van der Waals surface area contributed by atoms with Crippen molar-refractivity contribution in [1.82, 2.24) is 0 Å². The molecule has 130 valence electrons. The van der Waals surface area contributed by atoms with Gasteiger partial charge in [0.1, 0.15) is 15.8 Å². The summed E-state index contributed by atoms with van der Waals surface area (Å²) >= 11 is 3.63. The summed E-state index contributed by atoms with van der Waals surface area (Å²) in [6.45, 7) is 5.50. The fourth-order valence-electron chi connectivity index (χ4n) is 3.86. The lowest BCUT2D eigenvalue weighted by atomic mass is 9.62. The number of allylic oxidation sites excluding steroid dienone is 5. The maximum atomic E-state index is 13.1. The van der Waals surface area contributed by atoms with E-state index in [4.69, 9.17) is 4.74 Å². The van der Waals surface area contributed by atoms with Gasteiger partial charge >= 0.3 is 0 Å². The summed E-state index contributed by atoms with van der Waals surface area (Å²) in [4.78, 5) is 25.7. The minimum atomic E-state index is -1.17. The van der Waals surface area contributed by atoms with Crippen molar-refractivity contribution in [3.05, 3.63) is 59.7 Å². The molecule has 0 spiro atoms. The summed E-state index contributed by atoms with van der Waals surface area (Å²) in [5, 5.41) is 10.5. The second kappa shape index (κ2) is 6.30. The van der Waals surface area contributed by atoms with Gasteiger partial charge in [0, 0.05) is 17.4 Å². The number of benzene rings is 1. The van der Waals surface area contributed by atoms with Gasteiger partial charge in [0.2, 0.25) is 0 Å². The van der Waals surface area contributed by atoms with E-state index < -0.39 is 16.2 Å². The molecule has 0 aliphatic heterocycles. The quantitative estimate of drug-likeness (QED) is 0.779. The molecule has 0 unspecified atom stereocenters. The van der Waals surface area contributed by atoms with Crippen LogP contribution in [0, 0.1) is 5.92 Å². The van der Waals surface area contributed by atoms with Crippen molar-refractivity contribution >= 4 is 27.5 Å². The third kappa shape index (κ3) is 2.49. The highest BCUT2D eigenvalue weighted by molar-refractivity contribution is 9.10. The van der Waals surface area contributed by atoms with Crippen LogP contribution in [-0.4, -0.2) is 28.1 Å². The fourth-order valence-corrected chi connectivity index (χ4v) is 5.08. The smallest absolute Gasteiger partial charge is 0.177 e. The van der Waals surface area contributed by atoms with Crippen LogP contribution in [0.2, 0.25) is 0 Å². The maximum Gasteiger partial charge on any atom is 0.177 e. The zero-order valence-electron chi connectivity index (χ0n) is 14.1. The van der Waals surface area contributed by atoms with E-state index in [1.165, 1.54) is 13.2 Å². The minimum Gasteiger partial charge on any atom is -0.508 e. The number of ether oxygens (including phenoxy) is 1. The minimum absolute atomic E-state index is 0.0176. The van der Waals surface area contributed by atoms with E-state index in [1.54, 1.807) is 31.2 Å². The largest absolute Gasteiger partial charge is 0.508 e. The van der Waals surface area contributed by atoms with Crippen LogP contribution in [0.25, 0.3) is 0 Å². The van der Waals surface area contributed by atoms with E-state index in [9.17, 15) is 14.7 Å². The first-order valence-corrected chi connectivity index (χ1v) is 8.79. The van der Waals surface area contributed by atoms with Gasteiger partial charge in [-0.05, 0) is 42.7 Å². The average molecular weight is 403 g/mol. The van der Waals surface area contributed by atoms with Crippen molar-refractivity contribution in [2.45, 2.75) is 23.6 Å². The number of hydrogen-bond donors (Lipinski definition) is 1. The first-order valence-electron chi connectivity index (χ1n) is 8.00. The SMILES string of the molecule is C=CC1=CC[C@H]2C(=O)C=C(C)C(=O)[C@@]2(Br)[C@H]1c1c(O)cccc1OC. The molecule has 1 aromatic carbocycles. The predicted molar refractivity (Wildman–Crippen MR) is 99.2 cm³/mol. The Morgan fingerprint density at radius 3 is 2.76 bits per heavy atom. The molecule has 0 saturated carbocycles. The lowest BCUT2D eigenvalue weighted by molar-refractivity contribution is -0.128. The Labute approximate surface area is 155 Å². The van der Waals surface area contributed by atoms with Crippen molar-refractivity contribution in [2.75, 3.05) is 7.11 Å². The molecule has 5 heteroatoms. The highest BCUT2D eigenvalue weighted by Gasteiger charge is 2.57. The number of fused-ring (bicyclic) bond motifs is 1. The Hall–Kier alpha value is -2.14. The second-order valence-electron chi connectivity index (χ2n) is 6.35. The number of Topliss-reactive ketones (excluding diaryl/α,β-unsaturated/α-hetero) is 1. The molecule has 0 amide bonds. The Kier molecular flexibility index (Phi) is 4.45. The molecule has 0 saturated heterocycles. The molecule has 0 aromatic heterocycles. The lowest BCUT2D eigenvalue weighted by Crippen LogP contribution is -2.53. The standard InChI is InChI=1S/C20H19BrO4/c1-4-12-8-9-13-15(23)10-11(2)19(24)20(13,21)18(12)17-14(22)6-5-7-16(17)25-3/h4-8,10,13,18,22H,1,9H2,2-3H3/t13-,18+,20-/m0/s1. The van der Waals surface area contributed by atoms with E-state index in [-0.39, 0.29) is 17.3 Å². The van der Waals surface area contributed by atoms with Crippen LogP contribution >= 0.6 is 15.9 Å². The van der Waals surface area contributed by atoms with Gasteiger partial charge in [0.15, 0.2) is 11.6 Å². The third-order valence-corrected chi connectivity index (χ3v) is 6.42. The summed E-state index contributed by atoms with van der Waals surface area (Å²) in [5.74, 6) is -0.886. The van der Waals surface area contributed by atoms with Crippen molar-refractivity contribution in [3.63, 3.8) is 0 Å². The van der Waals surface area contributed by atoms with Gasteiger partial charge in [-0.3, -0.25) is 9.59 Å². The number of hydrogen-bond acceptors (Lipinski definition) is 4. The normalized spacial score (nSPS) is 28.8. The molecule has 3 rings (SSSR count). The summed E-state index contributed by atoms with van der Waals surface area (Å²) < 4.78 is 4.26. The summed E-state index contributed by atoms with van der Waals surface area (Å²) in [7, 11) is 1.51. The van der Waals surface area contributed by atoms with Crippen molar-refractivity contribution < 1.29 is 19.4 Å². The number of carbonyl (C=O) groups excluding carboxylic acids is 2. The predicted octanol–water partition coefficient (Wildman–Crippen LogP) is 3.85. The number of rotatable bonds is 3. The number of alkyl halides is 1.